The van der Waals surface area contributed by atoms with Gasteiger partial charge in [0.05, 0.1) is 4.90 Å². The fourth-order valence-electron chi connectivity index (χ4n) is 3.06. The van der Waals surface area contributed by atoms with Crippen LogP contribution >= 0.6 is 11.3 Å². The van der Waals surface area contributed by atoms with Gasteiger partial charge in [0.25, 0.3) is 0 Å². The molecule has 0 radical (unpaired) electrons. The molecule has 7 heteroatoms. The second kappa shape index (κ2) is 7.10. The van der Waals surface area contributed by atoms with Crippen LogP contribution in [0, 0.1) is 13.8 Å². The fourth-order valence-corrected chi connectivity index (χ4v) is 6.31. The molecule has 2 rings (SSSR count). The highest BCUT2D eigenvalue weighted by atomic mass is 32.2. The van der Waals surface area contributed by atoms with E-state index in [1.807, 2.05) is 13.8 Å². The largest absolute Gasteiger partial charge is 0.481 e. The van der Waals surface area contributed by atoms with Gasteiger partial charge in [0.1, 0.15) is 0 Å². The van der Waals surface area contributed by atoms with Gasteiger partial charge in [-0.05, 0) is 45.6 Å². The summed E-state index contributed by atoms with van der Waals surface area (Å²) in [6.45, 7) is 4.29. The van der Waals surface area contributed by atoms with E-state index in [2.05, 4.69) is 0 Å². The molecule has 0 amide bonds. The molecule has 1 aliphatic heterocycles. The molecule has 2 heterocycles. The highest BCUT2D eigenvalue weighted by molar-refractivity contribution is 7.89. The van der Waals surface area contributed by atoms with Crippen molar-refractivity contribution in [3.63, 3.8) is 0 Å². The summed E-state index contributed by atoms with van der Waals surface area (Å²) in [5.74, 6) is -0.825. The molecule has 1 aromatic rings. The minimum atomic E-state index is -3.48. The van der Waals surface area contributed by atoms with Crippen LogP contribution in [0.25, 0.3) is 0 Å². The molecule has 1 N–H and O–H groups in total. The Hall–Kier alpha value is -0.920. The van der Waals surface area contributed by atoms with Gasteiger partial charge in [0, 0.05) is 28.8 Å². The SMILES string of the molecule is Cc1cc(S(=O)(=O)N2CCCCC2CCCC(=O)O)c(C)s1. The molecule has 5 nitrogen and oxygen atoms in total. The summed E-state index contributed by atoms with van der Waals surface area (Å²) in [6.07, 6.45) is 3.94. The maximum Gasteiger partial charge on any atom is 0.303 e. The first kappa shape index (κ1) is 17.4. The Morgan fingerprint density at radius 1 is 1.41 bits per heavy atom. The molecular formula is C15H23NO4S2. The highest BCUT2D eigenvalue weighted by Gasteiger charge is 2.34. The molecule has 0 spiro atoms. The average molecular weight is 345 g/mol. The van der Waals surface area contributed by atoms with Crippen molar-refractivity contribution in [1.82, 2.24) is 4.31 Å². The van der Waals surface area contributed by atoms with Crippen molar-refractivity contribution >= 4 is 27.3 Å². The molecule has 0 saturated carbocycles. The molecule has 1 fully saturated rings. The molecule has 1 aliphatic rings. The summed E-state index contributed by atoms with van der Waals surface area (Å²) < 4.78 is 27.5. The molecule has 124 valence electrons. The van der Waals surface area contributed by atoms with Gasteiger partial charge < -0.3 is 5.11 Å². The van der Waals surface area contributed by atoms with Gasteiger partial charge in [0.15, 0.2) is 0 Å². The Morgan fingerprint density at radius 2 is 2.14 bits per heavy atom. The third-order valence-corrected chi connectivity index (χ3v) is 7.26. The van der Waals surface area contributed by atoms with Crippen LogP contribution in [0.1, 0.15) is 48.3 Å². The van der Waals surface area contributed by atoms with E-state index in [0.29, 0.717) is 24.3 Å². The smallest absolute Gasteiger partial charge is 0.303 e. The number of hydrogen-bond acceptors (Lipinski definition) is 4. The second-order valence-corrected chi connectivity index (χ2v) is 9.15. The first-order chi connectivity index (χ1) is 10.3. The molecule has 1 saturated heterocycles. The lowest BCUT2D eigenvalue weighted by Crippen LogP contribution is -2.43. The number of hydrogen-bond donors (Lipinski definition) is 1. The molecule has 0 aliphatic carbocycles. The lowest BCUT2D eigenvalue weighted by atomic mass is 10.00. The van der Waals surface area contributed by atoms with Crippen molar-refractivity contribution < 1.29 is 18.3 Å². The number of aryl methyl sites for hydroxylation is 2. The Bertz CT molecular complexity index is 636. The van der Waals surface area contributed by atoms with Crippen LogP contribution in [-0.4, -0.2) is 36.4 Å². The maximum atomic E-state index is 12.9. The molecule has 1 unspecified atom stereocenters. The van der Waals surface area contributed by atoms with E-state index in [0.717, 1.165) is 29.0 Å². The first-order valence-electron chi connectivity index (χ1n) is 7.63. The number of nitrogens with zero attached hydrogens (tertiary/aromatic N) is 1. The van der Waals surface area contributed by atoms with E-state index < -0.39 is 16.0 Å². The highest BCUT2D eigenvalue weighted by Crippen LogP contribution is 2.32. The van der Waals surface area contributed by atoms with E-state index in [9.17, 15) is 13.2 Å². The summed E-state index contributed by atoms with van der Waals surface area (Å²) in [5, 5.41) is 8.76. The van der Waals surface area contributed by atoms with Gasteiger partial charge in [-0.15, -0.1) is 11.3 Å². The predicted octanol–water partition coefficient (Wildman–Crippen LogP) is 3.16. The fraction of sp³-hybridized carbons (Fsp3) is 0.667. The zero-order valence-electron chi connectivity index (χ0n) is 13.0. The van der Waals surface area contributed by atoms with Crippen molar-refractivity contribution in [3.05, 3.63) is 15.8 Å². The molecule has 22 heavy (non-hydrogen) atoms. The normalized spacial score (nSPS) is 20.2. The van der Waals surface area contributed by atoms with Crippen LogP contribution in [0.3, 0.4) is 0 Å². The van der Waals surface area contributed by atoms with Crippen molar-refractivity contribution in [3.8, 4) is 0 Å². The number of aliphatic carboxylic acids is 1. The maximum absolute atomic E-state index is 12.9. The van der Waals surface area contributed by atoms with Crippen molar-refractivity contribution in [2.45, 2.75) is 63.3 Å². The van der Waals surface area contributed by atoms with Crippen LogP contribution in [0.2, 0.25) is 0 Å². The van der Waals surface area contributed by atoms with Gasteiger partial charge in [-0.2, -0.15) is 4.31 Å². The number of thiophene rings is 1. The van der Waals surface area contributed by atoms with Crippen LogP contribution in [0.15, 0.2) is 11.0 Å². The lowest BCUT2D eigenvalue weighted by molar-refractivity contribution is -0.137. The quantitative estimate of drug-likeness (QED) is 0.859. The first-order valence-corrected chi connectivity index (χ1v) is 9.88. The van der Waals surface area contributed by atoms with E-state index in [-0.39, 0.29) is 12.5 Å². The van der Waals surface area contributed by atoms with Gasteiger partial charge in [-0.25, -0.2) is 8.42 Å². The third kappa shape index (κ3) is 3.88. The number of carboxylic acid groups (broad SMARTS) is 1. The van der Waals surface area contributed by atoms with E-state index in [4.69, 9.17) is 5.11 Å². The molecular weight excluding hydrogens is 322 g/mol. The standard InChI is InChI=1S/C15H23NO4S2/c1-11-10-14(12(2)21-11)22(19,20)16-9-4-3-6-13(16)7-5-8-15(17)18/h10,13H,3-9H2,1-2H3,(H,17,18). The van der Waals surface area contributed by atoms with Crippen LogP contribution in [-0.2, 0) is 14.8 Å². The van der Waals surface area contributed by atoms with Gasteiger partial charge >= 0.3 is 5.97 Å². The number of sulfonamides is 1. The van der Waals surface area contributed by atoms with E-state index >= 15 is 0 Å². The summed E-state index contributed by atoms with van der Waals surface area (Å²) in [7, 11) is -3.48. The number of carbonyl (C=O) groups is 1. The molecule has 1 aromatic heterocycles. The Labute approximate surface area is 136 Å². The zero-order valence-corrected chi connectivity index (χ0v) is 14.7. The number of carboxylic acids is 1. The van der Waals surface area contributed by atoms with Gasteiger partial charge in [-0.3, -0.25) is 4.79 Å². The molecule has 0 aromatic carbocycles. The summed E-state index contributed by atoms with van der Waals surface area (Å²) in [4.78, 5) is 12.9. The Morgan fingerprint density at radius 3 is 2.73 bits per heavy atom. The topological polar surface area (TPSA) is 74.7 Å². The predicted molar refractivity (Wildman–Crippen MR) is 86.8 cm³/mol. The second-order valence-electron chi connectivity index (χ2n) is 5.83. The third-order valence-electron chi connectivity index (χ3n) is 4.08. The summed E-state index contributed by atoms with van der Waals surface area (Å²) >= 11 is 1.50. The van der Waals surface area contributed by atoms with Crippen LogP contribution in [0.4, 0.5) is 0 Å². The zero-order chi connectivity index (χ0) is 16.3. The molecule has 0 bridgehead atoms. The average Bonchev–Trinajstić information content (AvgIpc) is 2.78. The Kier molecular flexibility index (Phi) is 5.63. The van der Waals surface area contributed by atoms with Gasteiger partial charge in [-0.1, -0.05) is 6.42 Å². The van der Waals surface area contributed by atoms with Crippen molar-refractivity contribution in [1.29, 1.82) is 0 Å². The number of rotatable bonds is 6. The van der Waals surface area contributed by atoms with Gasteiger partial charge in [0.2, 0.25) is 10.0 Å². The van der Waals surface area contributed by atoms with Crippen molar-refractivity contribution in [2.24, 2.45) is 0 Å². The monoisotopic (exact) mass is 345 g/mol. The summed E-state index contributed by atoms with van der Waals surface area (Å²) in [5.41, 5.74) is 0. The van der Waals surface area contributed by atoms with E-state index in [1.165, 1.54) is 11.3 Å². The molecule has 1 atom stereocenters. The van der Waals surface area contributed by atoms with Crippen LogP contribution < -0.4 is 0 Å². The minimum Gasteiger partial charge on any atom is -0.481 e. The van der Waals surface area contributed by atoms with Crippen molar-refractivity contribution in [2.75, 3.05) is 6.54 Å². The lowest BCUT2D eigenvalue weighted by Gasteiger charge is -2.34. The number of piperidine rings is 1. The Balaban J connectivity index is 2.19. The van der Waals surface area contributed by atoms with E-state index in [1.54, 1.807) is 10.4 Å². The summed E-state index contributed by atoms with van der Waals surface area (Å²) in [6, 6.07) is 1.68. The van der Waals surface area contributed by atoms with Crippen LogP contribution in [0.5, 0.6) is 0 Å². The minimum absolute atomic E-state index is 0.0716.